The van der Waals surface area contributed by atoms with E-state index in [1.54, 1.807) is 31.2 Å². The minimum atomic E-state index is -0.588. The van der Waals surface area contributed by atoms with Crippen LogP contribution in [-0.4, -0.2) is 15.3 Å². The molecule has 0 unspecified atom stereocenters. The standard InChI is InChI=1S/C18H12O5/c1-8-5-6-9-15(16(8)21)13(20)7-11-14-10(3-2-4-12(14)19)18(22)23-17(9)11/h2-7,19-21H,1H3. The first-order chi connectivity index (χ1) is 11.0. The molecule has 0 aliphatic carbocycles. The maximum absolute atomic E-state index is 12.2. The second kappa shape index (κ2) is 4.39. The summed E-state index contributed by atoms with van der Waals surface area (Å²) >= 11 is 0. The molecule has 0 fully saturated rings. The summed E-state index contributed by atoms with van der Waals surface area (Å²) < 4.78 is 5.40. The van der Waals surface area contributed by atoms with Crippen LogP contribution in [0.25, 0.3) is 32.5 Å². The summed E-state index contributed by atoms with van der Waals surface area (Å²) in [5.41, 5.74) is 0.223. The fourth-order valence-corrected chi connectivity index (χ4v) is 3.00. The Morgan fingerprint density at radius 3 is 2.43 bits per heavy atom. The topological polar surface area (TPSA) is 90.9 Å². The zero-order chi connectivity index (χ0) is 16.3. The molecule has 0 spiro atoms. The van der Waals surface area contributed by atoms with E-state index < -0.39 is 5.63 Å². The molecular formula is C18H12O5. The Kier molecular flexibility index (Phi) is 2.57. The molecule has 0 radical (unpaired) electrons. The van der Waals surface area contributed by atoms with Crippen molar-refractivity contribution in [2.45, 2.75) is 6.92 Å². The highest BCUT2D eigenvalue weighted by Crippen LogP contribution is 2.42. The number of hydrogen-bond acceptors (Lipinski definition) is 5. The van der Waals surface area contributed by atoms with Crippen LogP contribution in [0, 0.1) is 6.92 Å². The zero-order valence-electron chi connectivity index (χ0n) is 12.1. The van der Waals surface area contributed by atoms with E-state index in [1.807, 2.05) is 0 Å². The Labute approximate surface area is 129 Å². The molecule has 0 saturated carbocycles. The van der Waals surface area contributed by atoms with E-state index in [0.29, 0.717) is 21.7 Å². The van der Waals surface area contributed by atoms with Crippen LogP contribution < -0.4 is 5.63 Å². The van der Waals surface area contributed by atoms with Crippen molar-refractivity contribution in [1.29, 1.82) is 0 Å². The Hall–Kier alpha value is -3.21. The molecule has 0 aliphatic rings. The normalized spacial score (nSPS) is 11.5. The third-order valence-electron chi connectivity index (χ3n) is 4.13. The highest BCUT2D eigenvalue weighted by atomic mass is 16.4. The molecule has 0 aliphatic heterocycles. The summed E-state index contributed by atoms with van der Waals surface area (Å²) in [5, 5.41) is 32.3. The van der Waals surface area contributed by atoms with Crippen LogP contribution in [-0.2, 0) is 0 Å². The lowest BCUT2D eigenvalue weighted by Gasteiger charge is -2.11. The number of fused-ring (bicyclic) bond motifs is 5. The van der Waals surface area contributed by atoms with Crippen LogP contribution in [0.2, 0.25) is 0 Å². The van der Waals surface area contributed by atoms with Crippen molar-refractivity contribution in [3.05, 3.63) is 52.4 Å². The van der Waals surface area contributed by atoms with Crippen LogP contribution in [0.5, 0.6) is 17.2 Å². The smallest absolute Gasteiger partial charge is 0.344 e. The van der Waals surface area contributed by atoms with Gasteiger partial charge in [0, 0.05) is 16.2 Å². The predicted octanol–water partition coefficient (Wildman–Crippen LogP) is 3.52. The van der Waals surface area contributed by atoms with Crippen molar-refractivity contribution in [1.82, 2.24) is 0 Å². The molecule has 0 bridgehead atoms. The van der Waals surface area contributed by atoms with Crippen molar-refractivity contribution in [3.8, 4) is 17.2 Å². The van der Waals surface area contributed by atoms with Crippen molar-refractivity contribution in [3.63, 3.8) is 0 Å². The molecule has 4 rings (SSSR count). The van der Waals surface area contributed by atoms with Gasteiger partial charge < -0.3 is 19.7 Å². The van der Waals surface area contributed by atoms with Crippen molar-refractivity contribution in [2.24, 2.45) is 0 Å². The molecule has 4 aromatic rings. The second-order valence-corrected chi connectivity index (χ2v) is 5.52. The molecule has 1 aromatic heterocycles. The van der Waals surface area contributed by atoms with Crippen LogP contribution >= 0.6 is 0 Å². The Balaban J connectivity index is 2.39. The van der Waals surface area contributed by atoms with Gasteiger partial charge >= 0.3 is 5.63 Å². The van der Waals surface area contributed by atoms with Gasteiger partial charge in [-0.2, -0.15) is 0 Å². The monoisotopic (exact) mass is 308 g/mol. The fourth-order valence-electron chi connectivity index (χ4n) is 3.00. The third kappa shape index (κ3) is 1.70. The summed E-state index contributed by atoms with van der Waals surface area (Å²) in [5.74, 6) is -0.287. The van der Waals surface area contributed by atoms with E-state index in [-0.39, 0.29) is 33.6 Å². The van der Waals surface area contributed by atoms with E-state index in [9.17, 15) is 20.1 Å². The number of phenols is 3. The number of rotatable bonds is 0. The van der Waals surface area contributed by atoms with Gasteiger partial charge in [0.1, 0.15) is 22.8 Å². The van der Waals surface area contributed by atoms with Crippen LogP contribution in [0.4, 0.5) is 0 Å². The molecule has 5 nitrogen and oxygen atoms in total. The summed E-state index contributed by atoms with van der Waals surface area (Å²) in [7, 11) is 0. The average molecular weight is 308 g/mol. The summed E-state index contributed by atoms with van der Waals surface area (Å²) in [6, 6.07) is 9.30. The number of phenolic OH excluding ortho intramolecular Hbond substituents is 3. The number of aryl methyl sites for hydroxylation is 1. The van der Waals surface area contributed by atoms with Gasteiger partial charge in [-0.05, 0) is 36.8 Å². The first-order valence-electron chi connectivity index (χ1n) is 7.02. The van der Waals surface area contributed by atoms with Gasteiger partial charge in [-0.1, -0.05) is 12.1 Å². The van der Waals surface area contributed by atoms with Gasteiger partial charge in [0.25, 0.3) is 0 Å². The lowest BCUT2D eigenvalue weighted by atomic mass is 9.99. The first kappa shape index (κ1) is 13.5. The quantitative estimate of drug-likeness (QED) is 0.341. The molecule has 0 saturated heterocycles. The van der Waals surface area contributed by atoms with E-state index in [4.69, 9.17) is 4.42 Å². The minimum Gasteiger partial charge on any atom is -0.507 e. The largest absolute Gasteiger partial charge is 0.507 e. The molecule has 23 heavy (non-hydrogen) atoms. The maximum Gasteiger partial charge on any atom is 0.344 e. The van der Waals surface area contributed by atoms with Gasteiger partial charge in [0.05, 0.1) is 10.8 Å². The first-order valence-corrected chi connectivity index (χ1v) is 7.02. The number of aromatic hydroxyl groups is 3. The van der Waals surface area contributed by atoms with Crippen LogP contribution in [0.1, 0.15) is 5.56 Å². The maximum atomic E-state index is 12.2. The Morgan fingerprint density at radius 1 is 0.870 bits per heavy atom. The molecule has 1 heterocycles. The fraction of sp³-hybridized carbons (Fsp3) is 0.0556. The highest BCUT2D eigenvalue weighted by Gasteiger charge is 2.18. The molecule has 0 amide bonds. The van der Waals surface area contributed by atoms with E-state index in [2.05, 4.69) is 0 Å². The zero-order valence-corrected chi connectivity index (χ0v) is 12.1. The lowest BCUT2D eigenvalue weighted by molar-refractivity contribution is 0.461. The molecule has 3 N–H and O–H groups in total. The van der Waals surface area contributed by atoms with Gasteiger partial charge in [-0.25, -0.2) is 4.79 Å². The van der Waals surface area contributed by atoms with Crippen molar-refractivity contribution < 1.29 is 19.7 Å². The molecular weight excluding hydrogens is 296 g/mol. The van der Waals surface area contributed by atoms with Crippen molar-refractivity contribution in [2.75, 3.05) is 0 Å². The SMILES string of the molecule is Cc1ccc2c(c(O)cc3c2oc(=O)c2cccc(O)c23)c1O. The average Bonchev–Trinajstić information content (AvgIpc) is 2.52. The summed E-state index contributed by atoms with van der Waals surface area (Å²) in [6.45, 7) is 1.71. The number of benzene rings is 3. The van der Waals surface area contributed by atoms with Crippen LogP contribution in [0.3, 0.4) is 0 Å². The Bertz CT molecular complexity index is 1170. The second-order valence-electron chi connectivity index (χ2n) is 5.52. The lowest BCUT2D eigenvalue weighted by Crippen LogP contribution is -2.00. The molecule has 3 aromatic carbocycles. The van der Waals surface area contributed by atoms with Gasteiger partial charge in [-0.15, -0.1) is 0 Å². The van der Waals surface area contributed by atoms with E-state index in [1.165, 1.54) is 12.1 Å². The highest BCUT2D eigenvalue weighted by molar-refractivity contribution is 6.18. The minimum absolute atomic E-state index is 0.0677. The summed E-state index contributed by atoms with van der Waals surface area (Å²) in [4.78, 5) is 12.2. The molecule has 5 heteroatoms. The number of hydrogen-bond donors (Lipinski definition) is 3. The van der Waals surface area contributed by atoms with Gasteiger partial charge in [-0.3, -0.25) is 0 Å². The molecule has 114 valence electrons. The van der Waals surface area contributed by atoms with Crippen LogP contribution in [0.15, 0.2) is 45.6 Å². The molecule has 0 atom stereocenters. The Morgan fingerprint density at radius 2 is 1.65 bits per heavy atom. The summed E-state index contributed by atoms with van der Waals surface area (Å²) in [6.07, 6.45) is 0. The third-order valence-corrected chi connectivity index (χ3v) is 4.13. The van der Waals surface area contributed by atoms with Gasteiger partial charge in [0.15, 0.2) is 0 Å². The van der Waals surface area contributed by atoms with E-state index in [0.717, 1.165) is 0 Å². The van der Waals surface area contributed by atoms with Gasteiger partial charge in [0.2, 0.25) is 0 Å². The predicted molar refractivity (Wildman–Crippen MR) is 87.2 cm³/mol. The van der Waals surface area contributed by atoms with Crippen molar-refractivity contribution >= 4 is 32.5 Å². The van der Waals surface area contributed by atoms with E-state index >= 15 is 0 Å².